The molecule has 0 saturated carbocycles. The van der Waals surface area contributed by atoms with Crippen LogP contribution in [0.25, 0.3) is 65.6 Å². The van der Waals surface area contributed by atoms with E-state index in [-0.39, 0.29) is 0 Å². The Balaban J connectivity index is 0.000000365. The number of rotatable bonds is 4. The zero-order chi connectivity index (χ0) is 30.1. The van der Waals surface area contributed by atoms with Gasteiger partial charge in [-0.3, -0.25) is 0 Å². The molecule has 0 spiro atoms. The number of hydrogen-bond acceptors (Lipinski definition) is 0. The molecule has 2 heterocycles. The monoisotopic (exact) mass is 558 g/mol. The Labute approximate surface area is 254 Å². The van der Waals surface area contributed by atoms with E-state index in [0.29, 0.717) is 0 Å². The largest absolute Gasteiger partial charge is 0.341 e. The molecule has 0 fully saturated rings. The number of benzene rings is 5. The molecular formula is C41H38N2. The van der Waals surface area contributed by atoms with Crippen molar-refractivity contribution in [1.82, 2.24) is 9.13 Å². The van der Waals surface area contributed by atoms with Gasteiger partial charge in [-0.25, -0.2) is 0 Å². The van der Waals surface area contributed by atoms with Gasteiger partial charge in [-0.1, -0.05) is 121 Å². The van der Waals surface area contributed by atoms with E-state index < -0.39 is 0 Å². The summed E-state index contributed by atoms with van der Waals surface area (Å²) in [5.41, 5.74) is 9.93. The van der Waals surface area contributed by atoms with Gasteiger partial charge in [0.2, 0.25) is 0 Å². The molecule has 0 unspecified atom stereocenters. The quantitative estimate of drug-likeness (QED) is 0.150. The van der Waals surface area contributed by atoms with Gasteiger partial charge in [-0.15, -0.1) is 0 Å². The van der Waals surface area contributed by atoms with Gasteiger partial charge >= 0.3 is 0 Å². The van der Waals surface area contributed by atoms with Crippen molar-refractivity contribution in [3.63, 3.8) is 0 Å². The smallest absolute Gasteiger partial charge is 0.0806 e. The van der Waals surface area contributed by atoms with Gasteiger partial charge < -0.3 is 9.13 Å². The molecule has 0 aliphatic heterocycles. The Morgan fingerprint density at radius 2 is 1.21 bits per heavy atom. The number of hydrogen-bond donors (Lipinski definition) is 0. The molecule has 0 bridgehead atoms. The summed E-state index contributed by atoms with van der Waals surface area (Å²) < 4.78 is 4.87. The fraction of sp³-hybridized carbons (Fsp3) is 0.122. The minimum Gasteiger partial charge on any atom is -0.341 e. The Kier molecular flexibility index (Phi) is 7.61. The standard InChI is InChI=1S/C33H26N2.C8H12/c1-4-21(2)22-17-19-23(20-18-22)35-29-16-10-9-15-28(29)32-33(35)30-26-13-7-5-11-24(26)25-12-6-8-14-27(25)31(30)34(32)3;1-4-5-6-7-8(2)3/h4-20H,1-3H3;4-7H,2H2,1,3H3/b21-4+;5-4-,7-6-. The van der Waals surface area contributed by atoms with Gasteiger partial charge in [0.05, 0.1) is 22.1 Å². The van der Waals surface area contributed by atoms with Crippen LogP contribution < -0.4 is 0 Å². The van der Waals surface area contributed by atoms with Gasteiger partial charge in [0.15, 0.2) is 0 Å². The van der Waals surface area contributed by atoms with E-state index >= 15 is 0 Å². The Morgan fingerprint density at radius 1 is 0.628 bits per heavy atom. The third kappa shape index (κ3) is 4.79. The summed E-state index contributed by atoms with van der Waals surface area (Å²) in [6.45, 7) is 11.9. The molecule has 212 valence electrons. The molecule has 0 aliphatic carbocycles. The number of para-hydroxylation sites is 1. The van der Waals surface area contributed by atoms with Crippen molar-refractivity contribution < 1.29 is 0 Å². The first kappa shape index (κ1) is 28.1. The zero-order valence-corrected chi connectivity index (χ0v) is 25.7. The van der Waals surface area contributed by atoms with Crippen LogP contribution in [-0.2, 0) is 7.05 Å². The molecule has 7 rings (SSSR count). The van der Waals surface area contributed by atoms with E-state index in [2.05, 4.69) is 140 Å². The third-order valence-corrected chi connectivity index (χ3v) is 8.36. The summed E-state index contributed by atoms with van der Waals surface area (Å²) in [6.07, 6.45) is 10.1. The summed E-state index contributed by atoms with van der Waals surface area (Å²) in [7, 11) is 2.22. The molecule has 7 aromatic rings. The molecule has 0 aliphatic rings. The van der Waals surface area contributed by atoms with Crippen molar-refractivity contribution in [2.24, 2.45) is 7.05 Å². The fourth-order valence-electron chi connectivity index (χ4n) is 6.25. The highest BCUT2D eigenvalue weighted by Crippen LogP contribution is 2.44. The number of allylic oxidation sites excluding steroid dienone is 7. The first-order valence-corrected chi connectivity index (χ1v) is 15.0. The molecule has 0 radical (unpaired) electrons. The second-order valence-corrected chi connectivity index (χ2v) is 11.2. The van der Waals surface area contributed by atoms with Gasteiger partial charge in [0.25, 0.3) is 0 Å². The van der Waals surface area contributed by atoms with Crippen LogP contribution in [0, 0.1) is 0 Å². The average molecular weight is 559 g/mol. The summed E-state index contributed by atoms with van der Waals surface area (Å²) in [5, 5.41) is 7.82. The van der Waals surface area contributed by atoms with E-state index in [9.17, 15) is 0 Å². The predicted molar refractivity (Wildman–Crippen MR) is 190 cm³/mol. The Morgan fingerprint density at radius 3 is 1.84 bits per heavy atom. The highest BCUT2D eigenvalue weighted by atomic mass is 15.1. The van der Waals surface area contributed by atoms with Gasteiger partial charge in [0, 0.05) is 28.9 Å². The fourth-order valence-corrected chi connectivity index (χ4v) is 6.25. The zero-order valence-electron chi connectivity index (χ0n) is 25.7. The lowest BCUT2D eigenvalue weighted by molar-refractivity contribution is 1.02. The van der Waals surface area contributed by atoms with Crippen molar-refractivity contribution in [2.45, 2.75) is 27.7 Å². The first-order valence-electron chi connectivity index (χ1n) is 15.0. The average Bonchev–Trinajstić information content (AvgIpc) is 3.54. The van der Waals surface area contributed by atoms with Crippen LogP contribution >= 0.6 is 0 Å². The minimum atomic E-state index is 1.09. The number of nitrogens with zero attached hydrogens (tertiary/aromatic N) is 2. The molecule has 0 N–H and O–H groups in total. The SMILES string of the molecule is C/C=C(\C)c1ccc(-n2c3ccccc3c3c2c2c4ccccc4c4ccccc4c2n3C)cc1.C=C(C)/C=C\C=C/C. The molecular weight excluding hydrogens is 520 g/mol. The molecule has 0 saturated heterocycles. The van der Waals surface area contributed by atoms with E-state index in [1.165, 1.54) is 71.2 Å². The van der Waals surface area contributed by atoms with Crippen molar-refractivity contribution in [3.05, 3.63) is 145 Å². The minimum absolute atomic E-state index is 1.09. The van der Waals surface area contributed by atoms with Crippen molar-refractivity contribution in [1.29, 1.82) is 0 Å². The van der Waals surface area contributed by atoms with Crippen LogP contribution in [-0.4, -0.2) is 9.13 Å². The summed E-state index contributed by atoms with van der Waals surface area (Å²) >= 11 is 0. The highest BCUT2D eigenvalue weighted by molar-refractivity contribution is 6.34. The molecule has 43 heavy (non-hydrogen) atoms. The lowest BCUT2D eigenvalue weighted by Crippen LogP contribution is -1.94. The number of aromatic nitrogens is 2. The Bertz CT molecular complexity index is 2230. The van der Waals surface area contributed by atoms with Crippen molar-refractivity contribution in [3.8, 4) is 5.69 Å². The second kappa shape index (κ2) is 11.7. The predicted octanol–water partition coefficient (Wildman–Crippen LogP) is 11.7. The van der Waals surface area contributed by atoms with Crippen LogP contribution in [0.4, 0.5) is 0 Å². The topological polar surface area (TPSA) is 9.86 Å². The molecule has 2 heteroatoms. The molecule has 2 nitrogen and oxygen atoms in total. The maximum atomic E-state index is 3.71. The van der Waals surface area contributed by atoms with Crippen LogP contribution in [0.2, 0.25) is 0 Å². The van der Waals surface area contributed by atoms with Gasteiger partial charge in [-0.05, 0) is 73.2 Å². The van der Waals surface area contributed by atoms with E-state index in [1.54, 1.807) is 0 Å². The maximum absolute atomic E-state index is 3.71. The Hall–Kier alpha value is -5.08. The molecule has 5 aromatic carbocycles. The van der Waals surface area contributed by atoms with Crippen LogP contribution in [0.1, 0.15) is 33.3 Å². The van der Waals surface area contributed by atoms with Crippen molar-refractivity contribution in [2.75, 3.05) is 0 Å². The normalized spacial score (nSPS) is 12.3. The number of fused-ring (bicyclic) bond motifs is 10. The van der Waals surface area contributed by atoms with E-state index in [0.717, 1.165) is 5.57 Å². The summed E-state index contributed by atoms with van der Waals surface area (Å²) in [4.78, 5) is 0. The highest BCUT2D eigenvalue weighted by Gasteiger charge is 2.23. The summed E-state index contributed by atoms with van der Waals surface area (Å²) in [5.74, 6) is 0. The van der Waals surface area contributed by atoms with Crippen LogP contribution in [0.5, 0.6) is 0 Å². The van der Waals surface area contributed by atoms with Crippen LogP contribution in [0.3, 0.4) is 0 Å². The number of aryl methyl sites for hydroxylation is 1. The first-order chi connectivity index (χ1) is 21.0. The summed E-state index contributed by atoms with van der Waals surface area (Å²) in [6, 6.07) is 35.5. The maximum Gasteiger partial charge on any atom is 0.0806 e. The van der Waals surface area contributed by atoms with E-state index in [1.807, 2.05) is 38.2 Å². The van der Waals surface area contributed by atoms with Gasteiger partial charge in [0.1, 0.15) is 0 Å². The lowest BCUT2D eigenvalue weighted by atomic mass is 9.98. The second-order valence-electron chi connectivity index (χ2n) is 11.2. The molecule has 0 atom stereocenters. The van der Waals surface area contributed by atoms with E-state index in [4.69, 9.17) is 0 Å². The molecule has 2 aromatic heterocycles. The van der Waals surface area contributed by atoms with Crippen LogP contribution in [0.15, 0.2) is 140 Å². The third-order valence-electron chi connectivity index (χ3n) is 8.36. The van der Waals surface area contributed by atoms with Gasteiger partial charge in [-0.2, -0.15) is 0 Å². The van der Waals surface area contributed by atoms with Crippen molar-refractivity contribution >= 4 is 60.0 Å². The molecule has 0 amide bonds. The lowest BCUT2D eigenvalue weighted by Gasteiger charge is -2.12.